The van der Waals surface area contributed by atoms with Crippen molar-refractivity contribution in [3.63, 3.8) is 0 Å². The van der Waals surface area contributed by atoms with Crippen LogP contribution >= 0.6 is 0 Å². The number of aromatic nitrogens is 4. The number of nitrogens with one attached hydrogen (secondary N) is 2. The molecule has 3 aromatic rings. The summed E-state index contributed by atoms with van der Waals surface area (Å²) >= 11 is 0. The predicted octanol–water partition coefficient (Wildman–Crippen LogP) is 2.52. The second-order valence-electron chi connectivity index (χ2n) is 9.92. The van der Waals surface area contributed by atoms with Gasteiger partial charge in [-0.15, -0.1) is 0 Å². The van der Waals surface area contributed by atoms with Gasteiger partial charge in [0.2, 0.25) is 17.7 Å². The molecule has 3 amide bonds. The molecule has 10 heteroatoms. The Morgan fingerprint density at radius 3 is 2.55 bits per heavy atom. The predicted molar refractivity (Wildman–Crippen MR) is 143 cm³/mol. The lowest BCUT2D eigenvalue weighted by Crippen LogP contribution is -2.47. The fourth-order valence-corrected chi connectivity index (χ4v) is 4.44. The minimum Gasteiger partial charge on any atom is -0.345 e. The monoisotopic (exact) mass is 517 g/mol. The van der Waals surface area contributed by atoms with Crippen LogP contribution < -0.4 is 10.6 Å². The van der Waals surface area contributed by atoms with Gasteiger partial charge in [-0.05, 0) is 30.9 Å². The van der Waals surface area contributed by atoms with Crippen molar-refractivity contribution < 1.29 is 14.4 Å². The summed E-state index contributed by atoms with van der Waals surface area (Å²) in [6, 6.07) is 12.2. The standard InChI is InChI=1S/C28H35N7O3/c1-19(2)25-27-32-26(22-10-5-4-6-11-22)33-35(27)16-15-34(24(37)17-21-9-7-13-29-18-21)14-8-12-23(36)30-20(3)28(38)31-25/h4-7,9-11,13,18-20,25H,8,12,14-17H2,1-3H3,(H,30,36)(H,31,38)/t20-,25+/m1/s1. The molecule has 0 spiro atoms. The molecule has 2 aromatic heterocycles. The van der Waals surface area contributed by atoms with E-state index in [0.29, 0.717) is 37.7 Å². The third kappa shape index (κ3) is 6.81. The molecule has 2 atom stereocenters. The maximum Gasteiger partial charge on any atom is 0.242 e. The number of amides is 3. The first-order valence-corrected chi connectivity index (χ1v) is 13.1. The molecule has 0 fully saturated rings. The zero-order valence-corrected chi connectivity index (χ0v) is 22.1. The van der Waals surface area contributed by atoms with Crippen molar-refractivity contribution in [2.75, 3.05) is 13.1 Å². The lowest BCUT2D eigenvalue weighted by molar-refractivity contribution is -0.131. The van der Waals surface area contributed by atoms with Gasteiger partial charge in [0.25, 0.3) is 0 Å². The van der Waals surface area contributed by atoms with Crippen molar-refractivity contribution in [3.05, 3.63) is 66.2 Å². The summed E-state index contributed by atoms with van der Waals surface area (Å²) in [5.41, 5.74) is 1.70. The molecule has 0 aliphatic carbocycles. The molecule has 1 aliphatic rings. The average molecular weight is 518 g/mol. The third-order valence-electron chi connectivity index (χ3n) is 6.59. The third-order valence-corrected chi connectivity index (χ3v) is 6.59. The van der Waals surface area contributed by atoms with E-state index in [-0.39, 0.29) is 36.5 Å². The topological polar surface area (TPSA) is 122 Å². The molecule has 1 aliphatic heterocycles. The van der Waals surface area contributed by atoms with Gasteiger partial charge in [0.05, 0.1) is 19.0 Å². The highest BCUT2D eigenvalue weighted by molar-refractivity contribution is 5.87. The van der Waals surface area contributed by atoms with Crippen LogP contribution in [0.4, 0.5) is 0 Å². The molecule has 0 radical (unpaired) electrons. The second-order valence-corrected chi connectivity index (χ2v) is 9.92. The van der Waals surface area contributed by atoms with Gasteiger partial charge in [0.15, 0.2) is 11.6 Å². The fourth-order valence-electron chi connectivity index (χ4n) is 4.44. The van der Waals surface area contributed by atoms with Gasteiger partial charge >= 0.3 is 0 Å². The molecule has 0 saturated carbocycles. The first-order chi connectivity index (χ1) is 18.3. The van der Waals surface area contributed by atoms with Gasteiger partial charge < -0.3 is 15.5 Å². The maximum absolute atomic E-state index is 13.3. The van der Waals surface area contributed by atoms with Gasteiger partial charge in [0.1, 0.15) is 6.04 Å². The van der Waals surface area contributed by atoms with E-state index in [0.717, 1.165) is 11.1 Å². The number of hydrogen-bond acceptors (Lipinski definition) is 6. The van der Waals surface area contributed by atoms with Gasteiger partial charge in [-0.3, -0.25) is 19.4 Å². The lowest BCUT2D eigenvalue weighted by atomic mass is 10.0. The minimum atomic E-state index is -0.708. The normalized spacial score (nSPS) is 19.3. The zero-order chi connectivity index (χ0) is 27.1. The van der Waals surface area contributed by atoms with E-state index in [4.69, 9.17) is 10.1 Å². The molecule has 3 heterocycles. The number of carbonyl (C=O) groups excluding carboxylic acids is 3. The summed E-state index contributed by atoms with van der Waals surface area (Å²) < 4.78 is 1.80. The first kappa shape index (κ1) is 27.0. The smallest absolute Gasteiger partial charge is 0.242 e. The van der Waals surface area contributed by atoms with Crippen molar-refractivity contribution in [1.82, 2.24) is 35.3 Å². The van der Waals surface area contributed by atoms with Crippen LogP contribution in [0.1, 0.15) is 51.0 Å². The number of hydrogen-bond donors (Lipinski definition) is 2. The van der Waals surface area contributed by atoms with E-state index in [9.17, 15) is 14.4 Å². The molecule has 0 saturated heterocycles. The molecule has 10 nitrogen and oxygen atoms in total. The molecule has 0 unspecified atom stereocenters. The van der Waals surface area contributed by atoms with Gasteiger partial charge in [0, 0.05) is 37.5 Å². The molecule has 200 valence electrons. The molecule has 4 rings (SSSR count). The Kier molecular flexibility index (Phi) is 8.83. The van der Waals surface area contributed by atoms with Crippen LogP contribution in [0, 0.1) is 5.92 Å². The molecular weight excluding hydrogens is 482 g/mol. The summed E-state index contributed by atoms with van der Waals surface area (Å²) in [6.45, 7) is 6.87. The van der Waals surface area contributed by atoms with Crippen molar-refractivity contribution in [1.29, 1.82) is 0 Å². The summed E-state index contributed by atoms with van der Waals surface area (Å²) in [4.78, 5) is 49.5. The quantitative estimate of drug-likeness (QED) is 0.548. The fraction of sp³-hybridized carbons (Fsp3) is 0.429. The van der Waals surface area contributed by atoms with Crippen LogP contribution in [0.25, 0.3) is 11.4 Å². The Hall–Kier alpha value is -4.08. The summed E-state index contributed by atoms with van der Waals surface area (Å²) in [7, 11) is 0. The van der Waals surface area contributed by atoms with E-state index in [1.807, 2.05) is 56.3 Å². The lowest BCUT2D eigenvalue weighted by Gasteiger charge is -2.27. The number of fused-ring (bicyclic) bond motifs is 1. The van der Waals surface area contributed by atoms with Crippen molar-refractivity contribution >= 4 is 17.7 Å². The number of pyridine rings is 1. The number of carbonyl (C=O) groups is 3. The van der Waals surface area contributed by atoms with Crippen LogP contribution in [0.3, 0.4) is 0 Å². The number of benzene rings is 1. The van der Waals surface area contributed by atoms with Crippen molar-refractivity contribution in [2.45, 2.75) is 58.7 Å². The van der Waals surface area contributed by atoms with Gasteiger partial charge in [-0.1, -0.05) is 50.2 Å². The number of nitrogens with zero attached hydrogens (tertiary/aromatic N) is 5. The van der Waals surface area contributed by atoms with Crippen LogP contribution in [-0.4, -0.2) is 61.5 Å². The Morgan fingerprint density at radius 1 is 1.05 bits per heavy atom. The molecule has 38 heavy (non-hydrogen) atoms. The Labute approximate surface area is 222 Å². The van der Waals surface area contributed by atoms with Crippen LogP contribution in [0.15, 0.2) is 54.9 Å². The molecule has 2 N–H and O–H groups in total. The van der Waals surface area contributed by atoms with E-state index in [1.165, 1.54) is 0 Å². The Morgan fingerprint density at radius 2 is 1.84 bits per heavy atom. The van der Waals surface area contributed by atoms with Crippen LogP contribution in [-0.2, 0) is 27.3 Å². The minimum absolute atomic E-state index is 0.00430. The summed E-state index contributed by atoms with van der Waals surface area (Å²) in [5, 5.41) is 10.6. The van der Waals surface area contributed by atoms with E-state index in [2.05, 4.69) is 15.6 Å². The van der Waals surface area contributed by atoms with Crippen LogP contribution in [0.5, 0.6) is 0 Å². The van der Waals surface area contributed by atoms with E-state index in [1.54, 1.807) is 28.9 Å². The largest absolute Gasteiger partial charge is 0.345 e. The average Bonchev–Trinajstić information content (AvgIpc) is 3.33. The SMILES string of the molecule is CC(C)[C@@H]1NC(=O)[C@@H](C)NC(=O)CCCN(C(=O)Cc2cccnc2)CCn2nc(-c3ccccc3)nc21. The molecular formula is C28H35N7O3. The van der Waals surface area contributed by atoms with Crippen molar-refractivity contribution in [2.24, 2.45) is 5.92 Å². The Bertz CT molecular complexity index is 1240. The molecule has 0 bridgehead atoms. The van der Waals surface area contributed by atoms with Crippen LogP contribution in [0.2, 0.25) is 0 Å². The van der Waals surface area contributed by atoms with E-state index < -0.39 is 12.1 Å². The molecule has 1 aromatic carbocycles. The van der Waals surface area contributed by atoms with Crippen molar-refractivity contribution in [3.8, 4) is 11.4 Å². The number of rotatable bonds is 4. The zero-order valence-electron chi connectivity index (χ0n) is 22.1. The second kappa shape index (κ2) is 12.4. The summed E-state index contributed by atoms with van der Waals surface area (Å²) in [5.74, 6) is 0.627. The summed E-state index contributed by atoms with van der Waals surface area (Å²) in [6.07, 6.45) is 4.28. The highest BCUT2D eigenvalue weighted by Gasteiger charge is 2.28. The highest BCUT2D eigenvalue weighted by Crippen LogP contribution is 2.24. The Balaban J connectivity index is 1.68. The van der Waals surface area contributed by atoms with Gasteiger partial charge in [-0.2, -0.15) is 5.10 Å². The van der Waals surface area contributed by atoms with E-state index >= 15 is 0 Å². The maximum atomic E-state index is 13.3. The van der Waals surface area contributed by atoms with Gasteiger partial charge in [-0.25, -0.2) is 9.67 Å². The first-order valence-electron chi connectivity index (χ1n) is 13.1. The highest BCUT2D eigenvalue weighted by atomic mass is 16.2.